The molecule has 1 amide bonds. The van der Waals surface area contributed by atoms with Crippen LogP contribution in [0.15, 0.2) is 53.4 Å². The molecular formula is C25H33N3O7S. The molecule has 1 saturated heterocycles. The highest BCUT2D eigenvalue weighted by Gasteiger charge is 2.34. The summed E-state index contributed by atoms with van der Waals surface area (Å²) in [7, 11) is -0.494. The molecule has 2 aromatic carbocycles. The van der Waals surface area contributed by atoms with E-state index in [1.54, 1.807) is 0 Å². The Labute approximate surface area is 211 Å². The van der Waals surface area contributed by atoms with Crippen molar-refractivity contribution in [2.24, 2.45) is 5.92 Å². The molecule has 10 nitrogen and oxygen atoms in total. The number of hydrogen-bond acceptors (Lipinski definition) is 9. The summed E-state index contributed by atoms with van der Waals surface area (Å²) in [6, 6.07) is 12.9. The highest BCUT2D eigenvalue weighted by Crippen LogP contribution is 2.23. The lowest BCUT2D eigenvalue weighted by Gasteiger charge is -2.24. The van der Waals surface area contributed by atoms with Crippen molar-refractivity contribution in [3.63, 3.8) is 0 Å². The molecule has 2 aromatic rings. The Kier molecular flexibility index (Phi) is 9.82. The van der Waals surface area contributed by atoms with Crippen molar-refractivity contribution in [3.8, 4) is 5.75 Å². The molecule has 3 rings (SSSR count). The summed E-state index contributed by atoms with van der Waals surface area (Å²) in [5.74, 6) is -0.985. The first-order valence-corrected chi connectivity index (χ1v) is 13.2. The van der Waals surface area contributed by atoms with Gasteiger partial charge in [-0.2, -0.15) is 8.42 Å². The molecule has 11 heteroatoms. The van der Waals surface area contributed by atoms with Crippen LogP contribution in [0.2, 0.25) is 0 Å². The molecule has 0 atom stereocenters. The van der Waals surface area contributed by atoms with Crippen LogP contribution in [0.1, 0.15) is 29.6 Å². The lowest BCUT2D eigenvalue weighted by molar-refractivity contribution is -0.153. The van der Waals surface area contributed by atoms with Gasteiger partial charge in [0.1, 0.15) is 5.75 Å². The van der Waals surface area contributed by atoms with Gasteiger partial charge in [0.15, 0.2) is 5.78 Å². The number of hydrogen-bond donors (Lipinski definition) is 2. The monoisotopic (exact) mass is 519 g/mol. The van der Waals surface area contributed by atoms with Gasteiger partial charge in [-0.15, -0.1) is 4.47 Å². The Morgan fingerprint density at radius 3 is 2.31 bits per heavy atom. The smallest absolute Gasteiger partial charge is 0.289 e. The third kappa shape index (κ3) is 7.26. The van der Waals surface area contributed by atoms with Crippen LogP contribution in [0.3, 0.4) is 0 Å². The van der Waals surface area contributed by atoms with Crippen LogP contribution in [0, 0.1) is 5.92 Å². The SMILES string of the molecule is CN(C)c1ccc(C(=O)CNCCCOc2ccc(S(=O)(=O)N(O)C(=O)C3CCOCC3)cc2)cc1. The average molecular weight is 520 g/mol. The minimum absolute atomic E-state index is 0.00579. The first-order chi connectivity index (χ1) is 17.2. The molecule has 1 heterocycles. The number of amides is 1. The van der Waals surface area contributed by atoms with Crippen LogP contribution in [0.4, 0.5) is 5.69 Å². The molecule has 0 spiro atoms. The number of Topliss-reactive ketones (excluding diaryl/α,β-unsaturated/α-hetero) is 1. The number of carbonyl (C=O) groups excluding carboxylic acids is 2. The van der Waals surface area contributed by atoms with Crippen LogP contribution in [0.5, 0.6) is 5.75 Å². The third-order valence-electron chi connectivity index (χ3n) is 5.87. The second-order valence-electron chi connectivity index (χ2n) is 8.69. The van der Waals surface area contributed by atoms with E-state index in [1.165, 1.54) is 24.3 Å². The van der Waals surface area contributed by atoms with E-state index in [9.17, 15) is 23.2 Å². The average Bonchev–Trinajstić information content (AvgIpc) is 2.90. The van der Waals surface area contributed by atoms with Gasteiger partial charge in [0.05, 0.1) is 18.0 Å². The number of benzene rings is 2. The fourth-order valence-corrected chi connectivity index (χ4v) is 4.73. The number of hydroxylamine groups is 1. The number of ether oxygens (including phenoxy) is 2. The molecule has 0 saturated carbocycles. The Morgan fingerprint density at radius 2 is 1.69 bits per heavy atom. The second-order valence-corrected chi connectivity index (χ2v) is 10.5. The van der Waals surface area contributed by atoms with Crippen molar-refractivity contribution in [3.05, 3.63) is 54.1 Å². The summed E-state index contributed by atoms with van der Waals surface area (Å²) < 4.78 is 35.8. The van der Waals surface area contributed by atoms with E-state index in [2.05, 4.69) is 5.32 Å². The molecule has 36 heavy (non-hydrogen) atoms. The summed E-state index contributed by atoms with van der Waals surface area (Å²) in [6.45, 7) is 1.86. The quantitative estimate of drug-likeness (QED) is 0.188. The van der Waals surface area contributed by atoms with Gasteiger partial charge in [-0.25, -0.2) is 0 Å². The van der Waals surface area contributed by atoms with Crippen LogP contribution in [-0.4, -0.2) is 76.8 Å². The van der Waals surface area contributed by atoms with Gasteiger partial charge >= 0.3 is 0 Å². The normalized spacial score (nSPS) is 14.3. The van der Waals surface area contributed by atoms with Gasteiger partial charge in [-0.05, 0) is 74.3 Å². The van der Waals surface area contributed by atoms with Gasteiger partial charge in [-0.1, -0.05) is 0 Å². The van der Waals surface area contributed by atoms with Crippen molar-refractivity contribution in [2.45, 2.75) is 24.2 Å². The summed E-state index contributed by atoms with van der Waals surface area (Å²) in [6.07, 6.45) is 1.37. The van der Waals surface area contributed by atoms with Gasteiger partial charge < -0.3 is 19.7 Å². The highest BCUT2D eigenvalue weighted by molar-refractivity contribution is 7.89. The number of nitrogens with one attached hydrogen (secondary N) is 1. The number of rotatable bonds is 12. The maximum atomic E-state index is 12.6. The maximum absolute atomic E-state index is 12.6. The molecule has 1 aliphatic heterocycles. The van der Waals surface area contributed by atoms with E-state index < -0.39 is 21.8 Å². The Balaban J connectivity index is 1.40. The molecule has 196 valence electrons. The van der Waals surface area contributed by atoms with Crippen LogP contribution < -0.4 is 15.0 Å². The molecule has 1 aliphatic rings. The standard InChI is InChI=1S/C25H33N3O7S/c1-27(2)21-6-4-19(5-7-21)24(29)18-26-14-3-15-35-22-8-10-23(11-9-22)36(32,33)28(31)25(30)20-12-16-34-17-13-20/h4-11,20,26,31H,3,12-18H2,1-2H3. The number of carbonyl (C=O) groups is 2. The number of anilines is 1. The molecule has 0 aromatic heterocycles. The first-order valence-electron chi connectivity index (χ1n) is 11.8. The topological polar surface area (TPSA) is 125 Å². The van der Waals surface area contributed by atoms with E-state index in [4.69, 9.17) is 9.47 Å². The second kappa shape index (κ2) is 12.8. The molecule has 2 N–H and O–H groups in total. The summed E-state index contributed by atoms with van der Waals surface area (Å²) >= 11 is 0. The molecule has 1 fully saturated rings. The highest BCUT2D eigenvalue weighted by atomic mass is 32.2. The van der Waals surface area contributed by atoms with Crippen molar-refractivity contribution in [1.82, 2.24) is 9.79 Å². The van der Waals surface area contributed by atoms with E-state index in [0.29, 0.717) is 56.9 Å². The fraction of sp³-hybridized carbons (Fsp3) is 0.440. The lowest BCUT2D eigenvalue weighted by Crippen LogP contribution is -2.40. The number of nitrogens with zero attached hydrogens (tertiary/aromatic N) is 2. The largest absolute Gasteiger partial charge is 0.494 e. The Morgan fingerprint density at radius 1 is 1.06 bits per heavy atom. The molecule has 0 unspecified atom stereocenters. The molecule has 0 radical (unpaired) electrons. The van der Waals surface area contributed by atoms with Gasteiger partial charge in [0.2, 0.25) is 0 Å². The molecule has 0 bridgehead atoms. The van der Waals surface area contributed by atoms with E-state index in [0.717, 1.165) is 5.69 Å². The Hall–Kier alpha value is -2.99. The summed E-state index contributed by atoms with van der Waals surface area (Å²) in [4.78, 5) is 26.4. The zero-order chi connectivity index (χ0) is 26.1. The van der Waals surface area contributed by atoms with E-state index in [-0.39, 0.29) is 21.7 Å². The number of sulfonamides is 1. The Bertz CT molecular complexity index is 1110. The third-order valence-corrected chi connectivity index (χ3v) is 7.37. The van der Waals surface area contributed by atoms with Crippen LogP contribution >= 0.6 is 0 Å². The predicted octanol–water partition coefficient (Wildman–Crippen LogP) is 2.33. The van der Waals surface area contributed by atoms with Crippen molar-refractivity contribution >= 4 is 27.4 Å². The minimum atomic E-state index is -4.38. The minimum Gasteiger partial charge on any atom is -0.494 e. The van der Waals surface area contributed by atoms with E-state index in [1.807, 2.05) is 43.3 Å². The number of ketones is 1. The zero-order valence-corrected chi connectivity index (χ0v) is 21.4. The van der Waals surface area contributed by atoms with Crippen LogP contribution in [-0.2, 0) is 19.6 Å². The van der Waals surface area contributed by atoms with Crippen molar-refractivity contribution in [1.29, 1.82) is 0 Å². The van der Waals surface area contributed by atoms with E-state index >= 15 is 0 Å². The molecule has 0 aliphatic carbocycles. The van der Waals surface area contributed by atoms with Gasteiger partial charge in [0.25, 0.3) is 15.9 Å². The van der Waals surface area contributed by atoms with Gasteiger partial charge in [0, 0.05) is 44.5 Å². The maximum Gasteiger partial charge on any atom is 0.289 e. The fourth-order valence-electron chi connectivity index (χ4n) is 3.66. The summed E-state index contributed by atoms with van der Waals surface area (Å²) in [5, 5.41) is 13.2. The lowest BCUT2D eigenvalue weighted by atomic mass is 10.00. The van der Waals surface area contributed by atoms with Crippen molar-refractivity contribution < 1.29 is 32.7 Å². The van der Waals surface area contributed by atoms with Crippen molar-refractivity contribution in [2.75, 3.05) is 51.9 Å². The zero-order valence-electron chi connectivity index (χ0n) is 20.6. The van der Waals surface area contributed by atoms with Gasteiger partial charge in [-0.3, -0.25) is 14.8 Å². The van der Waals surface area contributed by atoms with Crippen LogP contribution in [0.25, 0.3) is 0 Å². The molecular weight excluding hydrogens is 486 g/mol. The summed E-state index contributed by atoms with van der Waals surface area (Å²) in [5.41, 5.74) is 1.68. The predicted molar refractivity (Wildman–Crippen MR) is 134 cm³/mol. The first kappa shape index (κ1) is 27.6.